The highest BCUT2D eigenvalue weighted by Crippen LogP contribution is 2.16. The van der Waals surface area contributed by atoms with Gasteiger partial charge in [0, 0.05) is 31.4 Å². The SMILES string of the molecule is CC1=CC(C#Cc2ccc(N(C)C)nc2)=CCC1. The summed E-state index contributed by atoms with van der Waals surface area (Å²) in [5, 5.41) is 0. The minimum Gasteiger partial charge on any atom is -0.363 e. The molecule has 1 aliphatic rings. The van der Waals surface area contributed by atoms with Crippen LogP contribution in [0, 0.1) is 11.8 Å². The lowest BCUT2D eigenvalue weighted by Gasteiger charge is -2.09. The third kappa shape index (κ3) is 3.24. The summed E-state index contributed by atoms with van der Waals surface area (Å²) < 4.78 is 0. The van der Waals surface area contributed by atoms with Crippen LogP contribution in [0.4, 0.5) is 5.82 Å². The van der Waals surface area contributed by atoms with E-state index in [2.05, 4.69) is 35.9 Å². The first kappa shape index (κ1) is 12.4. The largest absolute Gasteiger partial charge is 0.363 e. The Morgan fingerprint density at radius 2 is 2.06 bits per heavy atom. The number of pyridine rings is 1. The molecule has 1 aliphatic carbocycles. The predicted molar refractivity (Wildman–Crippen MR) is 76.5 cm³/mol. The van der Waals surface area contributed by atoms with E-state index in [0.29, 0.717) is 0 Å². The Morgan fingerprint density at radius 3 is 2.67 bits per heavy atom. The highest BCUT2D eigenvalue weighted by atomic mass is 15.1. The molecule has 0 N–H and O–H groups in total. The zero-order valence-electron chi connectivity index (χ0n) is 11.2. The number of anilines is 1. The molecule has 2 rings (SSSR count). The van der Waals surface area contributed by atoms with E-state index >= 15 is 0 Å². The van der Waals surface area contributed by atoms with Gasteiger partial charge in [-0.05, 0) is 38.0 Å². The second-order valence-electron chi connectivity index (χ2n) is 4.74. The van der Waals surface area contributed by atoms with Gasteiger partial charge in [0.2, 0.25) is 0 Å². The normalized spacial score (nSPS) is 14.2. The molecular weight excluding hydrogens is 220 g/mol. The summed E-state index contributed by atoms with van der Waals surface area (Å²) >= 11 is 0. The molecule has 0 saturated carbocycles. The van der Waals surface area contributed by atoms with Crippen molar-refractivity contribution < 1.29 is 0 Å². The van der Waals surface area contributed by atoms with E-state index in [9.17, 15) is 0 Å². The number of allylic oxidation sites excluding steroid dienone is 4. The van der Waals surface area contributed by atoms with Crippen molar-refractivity contribution in [2.24, 2.45) is 0 Å². The van der Waals surface area contributed by atoms with E-state index in [1.807, 2.05) is 37.3 Å². The summed E-state index contributed by atoms with van der Waals surface area (Å²) in [6.07, 6.45) is 8.44. The molecule has 0 fully saturated rings. The highest BCUT2D eigenvalue weighted by molar-refractivity contribution is 5.48. The average Bonchev–Trinajstić information content (AvgIpc) is 2.37. The molecule has 2 nitrogen and oxygen atoms in total. The van der Waals surface area contributed by atoms with Gasteiger partial charge in [-0.2, -0.15) is 0 Å². The van der Waals surface area contributed by atoms with Gasteiger partial charge in [0.25, 0.3) is 0 Å². The summed E-state index contributed by atoms with van der Waals surface area (Å²) in [6, 6.07) is 4.00. The van der Waals surface area contributed by atoms with E-state index in [1.165, 1.54) is 5.57 Å². The molecule has 92 valence electrons. The van der Waals surface area contributed by atoms with E-state index in [4.69, 9.17) is 0 Å². The minimum absolute atomic E-state index is 0.952. The van der Waals surface area contributed by atoms with Crippen LogP contribution in [0.3, 0.4) is 0 Å². The molecular formula is C16H18N2. The van der Waals surface area contributed by atoms with Crippen LogP contribution < -0.4 is 4.90 Å². The van der Waals surface area contributed by atoms with Crippen LogP contribution in [0.25, 0.3) is 0 Å². The van der Waals surface area contributed by atoms with Crippen LogP contribution in [-0.4, -0.2) is 19.1 Å². The van der Waals surface area contributed by atoms with Gasteiger partial charge < -0.3 is 4.90 Å². The number of rotatable bonds is 1. The maximum atomic E-state index is 4.35. The zero-order chi connectivity index (χ0) is 13.0. The molecule has 0 saturated heterocycles. The molecule has 2 heteroatoms. The predicted octanol–water partition coefficient (Wildman–Crippen LogP) is 3.17. The van der Waals surface area contributed by atoms with Crippen molar-refractivity contribution in [3.63, 3.8) is 0 Å². The molecule has 0 amide bonds. The van der Waals surface area contributed by atoms with Crippen molar-refractivity contribution in [3.05, 3.63) is 47.2 Å². The second-order valence-corrected chi connectivity index (χ2v) is 4.74. The van der Waals surface area contributed by atoms with E-state index in [1.54, 1.807) is 0 Å². The van der Waals surface area contributed by atoms with Crippen molar-refractivity contribution in [3.8, 4) is 11.8 Å². The first-order valence-electron chi connectivity index (χ1n) is 6.18. The molecule has 1 heterocycles. The number of nitrogens with zero attached hydrogens (tertiary/aromatic N) is 2. The number of aromatic nitrogens is 1. The Labute approximate surface area is 109 Å². The quantitative estimate of drug-likeness (QED) is 0.699. The van der Waals surface area contributed by atoms with Gasteiger partial charge in [0.15, 0.2) is 0 Å². The molecule has 0 radical (unpaired) electrons. The van der Waals surface area contributed by atoms with E-state index in [-0.39, 0.29) is 0 Å². The lowest BCUT2D eigenvalue weighted by atomic mass is 10.0. The number of hydrogen-bond donors (Lipinski definition) is 0. The van der Waals surface area contributed by atoms with Crippen molar-refractivity contribution >= 4 is 5.82 Å². The van der Waals surface area contributed by atoms with Gasteiger partial charge in [-0.15, -0.1) is 0 Å². The first-order chi connectivity index (χ1) is 8.65. The highest BCUT2D eigenvalue weighted by Gasteiger charge is 1.99. The summed E-state index contributed by atoms with van der Waals surface area (Å²) in [5.74, 6) is 7.31. The van der Waals surface area contributed by atoms with Crippen LogP contribution in [0.1, 0.15) is 25.3 Å². The monoisotopic (exact) mass is 238 g/mol. The fourth-order valence-electron chi connectivity index (χ4n) is 1.81. The Balaban J connectivity index is 2.13. The maximum absolute atomic E-state index is 4.35. The van der Waals surface area contributed by atoms with Gasteiger partial charge in [0.05, 0.1) is 0 Å². The molecule has 1 aromatic rings. The topological polar surface area (TPSA) is 16.1 Å². The van der Waals surface area contributed by atoms with Crippen molar-refractivity contribution in [1.82, 2.24) is 4.98 Å². The molecule has 0 aromatic carbocycles. The van der Waals surface area contributed by atoms with Gasteiger partial charge >= 0.3 is 0 Å². The Kier molecular flexibility index (Phi) is 3.84. The van der Waals surface area contributed by atoms with Crippen LogP contribution in [-0.2, 0) is 0 Å². The zero-order valence-corrected chi connectivity index (χ0v) is 11.2. The van der Waals surface area contributed by atoms with Crippen LogP contribution in [0.2, 0.25) is 0 Å². The Hall–Kier alpha value is -2.01. The second kappa shape index (κ2) is 5.55. The molecule has 1 aromatic heterocycles. The van der Waals surface area contributed by atoms with Crippen LogP contribution >= 0.6 is 0 Å². The fraction of sp³-hybridized carbons (Fsp3) is 0.312. The molecule has 0 atom stereocenters. The maximum Gasteiger partial charge on any atom is 0.128 e. The summed E-state index contributed by atoms with van der Waals surface area (Å²) in [4.78, 5) is 6.32. The smallest absolute Gasteiger partial charge is 0.128 e. The third-order valence-corrected chi connectivity index (χ3v) is 2.86. The summed E-state index contributed by atoms with van der Waals surface area (Å²) in [6.45, 7) is 2.15. The minimum atomic E-state index is 0.952. The van der Waals surface area contributed by atoms with Crippen molar-refractivity contribution in [2.45, 2.75) is 19.8 Å². The summed E-state index contributed by atoms with van der Waals surface area (Å²) in [5.41, 5.74) is 3.48. The molecule has 0 aliphatic heterocycles. The van der Waals surface area contributed by atoms with Crippen LogP contribution in [0.5, 0.6) is 0 Å². The van der Waals surface area contributed by atoms with E-state index < -0.39 is 0 Å². The van der Waals surface area contributed by atoms with Crippen LogP contribution in [0.15, 0.2) is 41.6 Å². The summed E-state index contributed by atoms with van der Waals surface area (Å²) in [7, 11) is 3.96. The van der Waals surface area contributed by atoms with E-state index in [0.717, 1.165) is 29.8 Å². The third-order valence-electron chi connectivity index (χ3n) is 2.86. The van der Waals surface area contributed by atoms with Gasteiger partial charge in [0.1, 0.15) is 5.82 Å². The molecule has 0 bridgehead atoms. The van der Waals surface area contributed by atoms with Crippen molar-refractivity contribution in [1.29, 1.82) is 0 Å². The lowest BCUT2D eigenvalue weighted by Crippen LogP contribution is -2.10. The van der Waals surface area contributed by atoms with Crippen molar-refractivity contribution in [2.75, 3.05) is 19.0 Å². The van der Waals surface area contributed by atoms with Gasteiger partial charge in [-0.3, -0.25) is 0 Å². The average molecular weight is 238 g/mol. The molecule has 18 heavy (non-hydrogen) atoms. The Bertz CT molecular complexity index is 537. The number of hydrogen-bond acceptors (Lipinski definition) is 2. The first-order valence-corrected chi connectivity index (χ1v) is 6.18. The Morgan fingerprint density at radius 1 is 1.22 bits per heavy atom. The molecule has 0 unspecified atom stereocenters. The molecule has 0 spiro atoms. The standard InChI is InChI=1S/C16H18N2/c1-13-5-4-6-14(11-13)7-8-15-9-10-16(17-12-15)18(2)3/h6,9-12H,4-5H2,1-3H3. The fourth-order valence-corrected chi connectivity index (χ4v) is 1.81. The lowest BCUT2D eigenvalue weighted by molar-refractivity contribution is 0.954. The van der Waals surface area contributed by atoms with Gasteiger partial charge in [-0.1, -0.05) is 23.5 Å². The van der Waals surface area contributed by atoms with Gasteiger partial charge in [-0.25, -0.2) is 4.98 Å².